The SMILES string of the molecule is Nc1ncnc2c1ncn2[C@H]1C[C@H](O)[C@@H](COC(=O)OCc2ccc3c(c2)-c2ccccc2C3)O1. The summed E-state index contributed by atoms with van der Waals surface area (Å²) in [5.41, 5.74) is 12.6. The molecular formula is C25H23N5O5. The molecule has 178 valence electrons. The molecule has 2 aromatic carbocycles. The van der Waals surface area contributed by atoms with Crippen LogP contribution in [0.15, 0.2) is 55.1 Å². The number of imidazole rings is 1. The molecule has 1 aliphatic heterocycles. The second-order valence-corrected chi connectivity index (χ2v) is 8.69. The van der Waals surface area contributed by atoms with Crippen molar-refractivity contribution in [1.82, 2.24) is 19.5 Å². The average molecular weight is 473 g/mol. The molecule has 0 saturated carbocycles. The number of aromatic nitrogens is 4. The number of nitrogens with zero attached hydrogens (tertiary/aromatic N) is 4. The maximum atomic E-state index is 12.2. The Labute approximate surface area is 200 Å². The molecule has 3 heterocycles. The summed E-state index contributed by atoms with van der Waals surface area (Å²) in [6.45, 7) is -0.0506. The Morgan fingerprint density at radius 1 is 1.11 bits per heavy atom. The van der Waals surface area contributed by atoms with Gasteiger partial charge in [0.05, 0.1) is 12.4 Å². The molecule has 10 heteroatoms. The number of anilines is 1. The number of aliphatic hydroxyl groups excluding tert-OH is 1. The number of carbonyl (C=O) groups is 1. The number of aliphatic hydroxyl groups is 1. The largest absolute Gasteiger partial charge is 0.508 e. The molecule has 3 N–H and O–H groups in total. The number of hydrogen-bond donors (Lipinski definition) is 2. The molecule has 1 saturated heterocycles. The van der Waals surface area contributed by atoms with Crippen molar-refractivity contribution in [2.45, 2.75) is 37.9 Å². The molecule has 1 fully saturated rings. The van der Waals surface area contributed by atoms with Gasteiger partial charge in [0, 0.05) is 6.42 Å². The minimum absolute atomic E-state index is 0.0904. The van der Waals surface area contributed by atoms with Crippen LogP contribution in [0.5, 0.6) is 0 Å². The number of carbonyl (C=O) groups excluding carboxylic acids is 1. The van der Waals surface area contributed by atoms with Crippen LogP contribution in [-0.4, -0.2) is 49.6 Å². The summed E-state index contributed by atoms with van der Waals surface area (Å²) in [5.74, 6) is 0.266. The third kappa shape index (κ3) is 3.96. The lowest BCUT2D eigenvalue weighted by Crippen LogP contribution is -2.28. The van der Waals surface area contributed by atoms with Crippen molar-refractivity contribution >= 4 is 23.1 Å². The Balaban J connectivity index is 1.04. The van der Waals surface area contributed by atoms with E-state index in [1.807, 2.05) is 18.2 Å². The molecular weight excluding hydrogens is 450 g/mol. The van der Waals surface area contributed by atoms with Crippen molar-refractivity contribution in [3.05, 3.63) is 71.8 Å². The fraction of sp³-hybridized carbons (Fsp3) is 0.280. The standard InChI is InChI=1S/C25H23N5O5/c26-23-22-24(28-12-27-23)30(13-29-22)21-9-19(31)20(35-21)11-34-25(32)33-10-14-5-6-16-8-15-3-1-2-4-17(15)18(16)7-14/h1-7,12-13,19-21,31H,8-11H2,(H2,26,27,28)/t19-,20+,21+/m0/s1. The van der Waals surface area contributed by atoms with Gasteiger partial charge in [-0.25, -0.2) is 19.7 Å². The van der Waals surface area contributed by atoms with E-state index in [9.17, 15) is 9.90 Å². The van der Waals surface area contributed by atoms with E-state index in [2.05, 4.69) is 39.2 Å². The van der Waals surface area contributed by atoms with Gasteiger partial charge in [-0.3, -0.25) is 4.57 Å². The number of nitrogens with two attached hydrogens (primary N) is 1. The lowest BCUT2D eigenvalue weighted by atomic mass is 10.0. The van der Waals surface area contributed by atoms with Crippen LogP contribution >= 0.6 is 0 Å². The first-order valence-corrected chi connectivity index (χ1v) is 11.3. The predicted molar refractivity (Wildman–Crippen MR) is 125 cm³/mol. The summed E-state index contributed by atoms with van der Waals surface area (Å²) in [6, 6.07) is 14.4. The van der Waals surface area contributed by atoms with E-state index in [0.717, 1.165) is 12.0 Å². The van der Waals surface area contributed by atoms with E-state index in [-0.39, 0.29) is 25.5 Å². The van der Waals surface area contributed by atoms with Crippen LogP contribution in [0, 0.1) is 0 Å². The zero-order valence-corrected chi connectivity index (χ0v) is 18.7. The number of rotatable bonds is 5. The van der Waals surface area contributed by atoms with Crippen molar-refractivity contribution < 1.29 is 24.1 Å². The minimum atomic E-state index is -0.832. The highest BCUT2D eigenvalue weighted by Crippen LogP contribution is 2.37. The Bertz CT molecular complexity index is 1420. The van der Waals surface area contributed by atoms with Gasteiger partial charge in [0.15, 0.2) is 11.5 Å². The quantitative estimate of drug-likeness (QED) is 0.369. The van der Waals surface area contributed by atoms with Crippen LogP contribution in [0.2, 0.25) is 0 Å². The van der Waals surface area contributed by atoms with Gasteiger partial charge in [-0.05, 0) is 40.3 Å². The Morgan fingerprint density at radius 2 is 1.97 bits per heavy atom. The van der Waals surface area contributed by atoms with Crippen LogP contribution in [-0.2, 0) is 27.2 Å². The molecule has 0 radical (unpaired) electrons. The van der Waals surface area contributed by atoms with Gasteiger partial charge in [-0.15, -0.1) is 0 Å². The Morgan fingerprint density at radius 3 is 2.89 bits per heavy atom. The first kappa shape index (κ1) is 21.5. The highest BCUT2D eigenvalue weighted by Gasteiger charge is 2.37. The van der Waals surface area contributed by atoms with Crippen LogP contribution in [0.3, 0.4) is 0 Å². The van der Waals surface area contributed by atoms with E-state index in [1.165, 1.54) is 28.6 Å². The summed E-state index contributed by atoms with van der Waals surface area (Å²) in [7, 11) is 0. The monoisotopic (exact) mass is 473 g/mol. The van der Waals surface area contributed by atoms with Crippen LogP contribution in [0.1, 0.15) is 29.3 Å². The summed E-state index contributed by atoms with van der Waals surface area (Å²) >= 11 is 0. The molecule has 0 bridgehead atoms. The summed E-state index contributed by atoms with van der Waals surface area (Å²) in [4.78, 5) is 24.5. The molecule has 0 spiro atoms. The topological polar surface area (TPSA) is 135 Å². The van der Waals surface area contributed by atoms with Crippen molar-refractivity contribution in [2.24, 2.45) is 0 Å². The van der Waals surface area contributed by atoms with Crippen LogP contribution in [0.25, 0.3) is 22.3 Å². The highest BCUT2D eigenvalue weighted by molar-refractivity contribution is 5.81. The van der Waals surface area contributed by atoms with Crippen molar-refractivity contribution in [3.63, 3.8) is 0 Å². The van der Waals surface area contributed by atoms with E-state index in [4.69, 9.17) is 19.9 Å². The fourth-order valence-corrected chi connectivity index (χ4v) is 4.71. The molecule has 35 heavy (non-hydrogen) atoms. The zero-order valence-electron chi connectivity index (χ0n) is 18.7. The Hall–Kier alpha value is -4.02. The molecule has 6 rings (SSSR count). The lowest BCUT2D eigenvalue weighted by molar-refractivity contribution is -0.0575. The fourth-order valence-electron chi connectivity index (χ4n) is 4.71. The lowest BCUT2D eigenvalue weighted by Gasteiger charge is -2.16. The van der Waals surface area contributed by atoms with Gasteiger partial charge >= 0.3 is 6.16 Å². The predicted octanol–water partition coefficient (Wildman–Crippen LogP) is 2.98. The van der Waals surface area contributed by atoms with Crippen molar-refractivity contribution in [3.8, 4) is 11.1 Å². The number of nitrogen functional groups attached to an aromatic ring is 1. The first-order chi connectivity index (χ1) is 17.1. The highest BCUT2D eigenvalue weighted by atomic mass is 16.7. The van der Waals surface area contributed by atoms with Gasteiger partial charge in [0.25, 0.3) is 0 Å². The second kappa shape index (κ2) is 8.64. The smallest absolute Gasteiger partial charge is 0.431 e. The first-order valence-electron chi connectivity index (χ1n) is 11.3. The molecule has 0 unspecified atom stereocenters. The normalized spacial score (nSPS) is 20.5. The van der Waals surface area contributed by atoms with Crippen molar-refractivity contribution in [2.75, 3.05) is 12.3 Å². The molecule has 2 aromatic heterocycles. The van der Waals surface area contributed by atoms with E-state index >= 15 is 0 Å². The van der Waals surface area contributed by atoms with Crippen LogP contribution in [0.4, 0.5) is 10.6 Å². The van der Waals surface area contributed by atoms with Gasteiger partial charge in [-0.2, -0.15) is 0 Å². The summed E-state index contributed by atoms with van der Waals surface area (Å²) in [5, 5.41) is 10.4. The number of fused-ring (bicyclic) bond motifs is 4. The number of benzene rings is 2. The van der Waals surface area contributed by atoms with Crippen molar-refractivity contribution in [1.29, 1.82) is 0 Å². The molecule has 2 aliphatic rings. The third-order valence-electron chi connectivity index (χ3n) is 6.49. The summed E-state index contributed by atoms with van der Waals surface area (Å²) in [6.07, 6.45) is 1.20. The van der Waals surface area contributed by atoms with Gasteiger partial charge in [0.1, 0.15) is 37.4 Å². The number of hydrogen-bond acceptors (Lipinski definition) is 9. The van der Waals surface area contributed by atoms with Crippen LogP contribution < -0.4 is 5.73 Å². The third-order valence-corrected chi connectivity index (χ3v) is 6.49. The minimum Gasteiger partial charge on any atom is -0.431 e. The van der Waals surface area contributed by atoms with Gasteiger partial charge in [0.2, 0.25) is 0 Å². The molecule has 10 nitrogen and oxygen atoms in total. The van der Waals surface area contributed by atoms with E-state index in [0.29, 0.717) is 11.2 Å². The molecule has 4 aromatic rings. The molecule has 0 amide bonds. The maximum Gasteiger partial charge on any atom is 0.508 e. The zero-order chi connectivity index (χ0) is 23.9. The summed E-state index contributed by atoms with van der Waals surface area (Å²) < 4.78 is 18.1. The second-order valence-electron chi connectivity index (χ2n) is 8.69. The maximum absolute atomic E-state index is 12.2. The average Bonchev–Trinajstić information content (AvgIpc) is 3.56. The molecule has 3 atom stereocenters. The van der Waals surface area contributed by atoms with Gasteiger partial charge < -0.3 is 25.1 Å². The van der Waals surface area contributed by atoms with E-state index in [1.54, 1.807) is 10.9 Å². The molecule has 1 aliphatic carbocycles. The van der Waals surface area contributed by atoms with E-state index < -0.39 is 24.6 Å². The van der Waals surface area contributed by atoms with Gasteiger partial charge in [-0.1, -0.05) is 36.4 Å². The number of ether oxygens (including phenoxy) is 3. The Kier molecular flexibility index (Phi) is 5.31.